The Kier molecular flexibility index (Phi) is 8.47. The highest BCUT2D eigenvalue weighted by atomic mass is 79.9. The molecule has 0 heterocycles. The standard InChI is InChI=1S/C17H26BrNO2/c1-5-8-19-11-14-9-15(18)17(16(10-14)20-7-3)21-12-13(4)6-2/h9-10,19H,4-8,11-12H2,1-3H3. The topological polar surface area (TPSA) is 30.5 Å². The van der Waals surface area contributed by atoms with Gasteiger partial charge in [0.2, 0.25) is 0 Å². The molecule has 0 radical (unpaired) electrons. The number of rotatable bonds is 10. The average Bonchev–Trinajstić information content (AvgIpc) is 2.46. The second kappa shape index (κ2) is 9.85. The third kappa shape index (κ3) is 6.10. The average molecular weight is 356 g/mol. The number of hydrogen-bond acceptors (Lipinski definition) is 3. The van der Waals surface area contributed by atoms with Gasteiger partial charge in [0.15, 0.2) is 11.5 Å². The fourth-order valence-corrected chi connectivity index (χ4v) is 2.42. The normalized spacial score (nSPS) is 10.5. The van der Waals surface area contributed by atoms with Crippen molar-refractivity contribution in [3.63, 3.8) is 0 Å². The van der Waals surface area contributed by atoms with E-state index in [-0.39, 0.29) is 0 Å². The smallest absolute Gasteiger partial charge is 0.175 e. The van der Waals surface area contributed by atoms with Gasteiger partial charge in [-0.3, -0.25) is 0 Å². The van der Waals surface area contributed by atoms with E-state index in [0.717, 1.165) is 47.5 Å². The van der Waals surface area contributed by atoms with Crippen molar-refractivity contribution in [3.05, 3.63) is 34.3 Å². The molecule has 0 aliphatic heterocycles. The maximum Gasteiger partial charge on any atom is 0.175 e. The van der Waals surface area contributed by atoms with Gasteiger partial charge in [-0.25, -0.2) is 0 Å². The Hall–Kier alpha value is -1.00. The van der Waals surface area contributed by atoms with Gasteiger partial charge in [-0.15, -0.1) is 0 Å². The number of ether oxygens (including phenoxy) is 2. The molecule has 3 nitrogen and oxygen atoms in total. The summed E-state index contributed by atoms with van der Waals surface area (Å²) in [7, 11) is 0. The third-order valence-electron chi connectivity index (χ3n) is 3.05. The van der Waals surface area contributed by atoms with Crippen LogP contribution in [0.2, 0.25) is 0 Å². The van der Waals surface area contributed by atoms with Crippen LogP contribution in [0.25, 0.3) is 0 Å². The molecule has 0 saturated heterocycles. The lowest BCUT2D eigenvalue weighted by molar-refractivity contribution is 0.290. The third-order valence-corrected chi connectivity index (χ3v) is 3.63. The van der Waals surface area contributed by atoms with E-state index in [2.05, 4.69) is 47.7 Å². The van der Waals surface area contributed by atoms with Crippen LogP contribution in [0.4, 0.5) is 0 Å². The van der Waals surface area contributed by atoms with Crippen LogP contribution in [0.5, 0.6) is 11.5 Å². The molecular formula is C17H26BrNO2. The molecule has 21 heavy (non-hydrogen) atoms. The molecule has 0 unspecified atom stereocenters. The summed E-state index contributed by atoms with van der Waals surface area (Å²) in [4.78, 5) is 0. The van der Waals surface area contributed by atoms with Gasteiger partial charge < -0.3 is 14.8 Å². The van der Waals surface area contributed by atoms with Crippen molar-refractivity contribution in [1.29, 1.82) is 0 Å². The minimum Gasteiger partial charge on any atom is -0.490 e. The number of nitrogens with one attached hydrogen (secondary N) is 1. The van der Waals surface area contributed by atoms with Gasteiger partial charge in [0.25, 0.3) is 0 Å². The van der Waals surface area contributed by atoms with E-state index in [9.17, 15) is 0 Å². The van der Waals surface area contributed by atoms with Gasteiger partial charge in [-0.05, 0) is 65.5 Å². The molecule has 0 fully saturated rings. The summed E-state index contributed by atoms with van der Waals surface area (Å²) >= 11 is 3.59. The predicted molar refractivity (Wildman–Crippen MR) is 92.2 cm³/mol. The Morgan fingerprint density at radius 2 is 2.00 bits per heavy atom. The molecule has 0 aliphatic carbocycles. The van der Waals surface area contributed by atoms with Crippen molar-refractivity contribution in [3.8, 4) is 11.5 Å². The maximum absolute atomic E-state index is 5.86. The highest BCUT2D eigenvalue weighted by Crippen LogP contribution is 2.37. The molecule has 0 spiro atoms. The van der Waals surface area contributed by atoms with Crippen molar-refractivity contribution >= 4 is 15.9 Å². The van der Waals surface area contributed by atoms with Crippen LogP contribution in [-0.4, -0.2) is 19.8 Å². The van der Waals surface area contributed by atoms with Crippen molar-refractivity contribution in [2.24, 2.45) is 0 Å². The van der Waals surface area contributed by atoms with E-state index in [4.69, 9.17) is 9.47 Å². The van der Waals surface area contributed by atoms with E-state index >= 15 is 0 Å². The first-order chi connectivity index (χ1) is 10.1. The maximum atomic E-state index is 5.86. The molecule has 0 amide bonds. The van der Waals surface area contributed by atoms with Gasteiger partial charge in [-0.1, -0.05) is 20.4 Å². The van der Waals surface area contributed by atoms with Crippen molar-refractivity contribution < 1.29 is 9.47 Å². The zero-order valence-corrected chi connectivity index (χ0v) is 14.9. The van der Waals surface area contributed by atoms with E-state index in [0.29, 0.717) is 13.2 Å². The highest BCUT2D eigenvalue weighted by molar-refractivity contribution is 9.10. The molecule has 0 atom stereocenters. The Morgan fingerprint density at radius 1 is 1.24 bits per heavy atom. The molecule has 1 N–H and O–H groups in total. The van der Waals surface area contributed by atoms with Crippen molar-refractivity contribution in [1.82, 2.24) is 5.32 Å². The van der Waals surface area contributed by atoms with Gasteiger partial charge in [0.1, 0.15) is 6.61 Å². The van der Waals surface area contributed by atoms with Gasteiger partial charge in [-0.2, -0.15) is 0 Å². The van der Waals surface area contributed by atoms with E-state index in [1.54, 1.807) is 0 Å². The lowest BCUT2D eigenvalue weighted by atomic mass is 10.2. The van der Waals surface area contributed by atoms with Gasteiger partial charge in [0, 0.05) is 6.54 Å². The summed E-state index contributed by atoms with van der Waals surface area (Å²) in [5.41, 5.74) is 2.25. The second-order valence-electron chi connectivity index (χ2n) is 4.91. The Labute approximate surface area is 136 Å². The molecule has 4 heteroatoms. The van der Waals surface area contributed by atoms with Crippen LogP contribution < -0.4 is 14.8 Å². The Bertz CT molecular complexity index is 460. The lowest BCUT2D eigenvalue weighted by Crippen LogP contribution is -2.14. The van der Waals surface area contributed by atoms with E-state index < -0.39 is 0 Å². The SMILES string of the molecule is C=C(CC)COc1c(Br)cc(CNCCC)cc1OCC. The highest BCUT2D eigenvalue weighted by Gasteiger charge is 2.12. The van der Waals surface area contributed by atoms with Crippen LogP contribution in [0, 0.1) is 0 Å². The van der Waals surface area contributed by atoms with Crippen LogP contribution >= 0.6 is 15.9 Å². The minimum absolute atomic E-state index is 0.516. The van der Waals surface area contributed by atoms with Crippen molar-refractivity contribution in [2.75, 3.05) is 19.8 Å². The van der Waals surface area contributed by atoms with Crippen LogP contribution in [0.3, 0.4) is 0 Å². The van der Waals surface area contributed by atoms with Crippen molar-refractivity contribution in [2.45, 2.75) is 40.2 Å². The monoisotopic (exact) mass is 355 g/mol. The van der Waals surface area contributed by atoms with Crippen LogP contribution in [-0.2, 0) is 6.54 Å². The minimum atomic E-state index is 0.516. The zero-order valence-electron chi connectivity index (χ0n) is 13.3. The molecule has 1 aromatic rings. The van der Waals surface area contributed by atoms with E-state index in [1.165, 1.54) is 5.56 Å². The first-order valence-corrected chi connectivity index (χ1v) is 8.36. The summed E-state index contributed by atoms with van der Waals surface area (Å²) in [5.74, 6) is 1.54. The summed E-state index contributed by atoms with van der Waals surface area (Å²) < 4.78 is 12.5. The first-order valence-electron chi connectivity index (χ1n) is 7.57. The molecule has 1 rings (SSSR count). The Morgan fingerprint density at radius 3 is 2.62 bits per heavy atom. The van der Waals surface area contributed by atoms with Crippen LogP contribution in [0.1, 0.15) is 39.2 Å². The quantitative estimate of drug-likeness (QED) is 0.487. The Balaban J connectivity index is 2.87. The van der Waals surface area contributed by atoms with Gasteiger partial charge in [0.05, 0.1) is 11.1 Å². The lowest BCUT2D eigenvalue weighted by Gasteiger charge is -2.16. The van der Waals surface area contributed by atoms with E-state index in [1.807, 2.05) is 13.0 Å². The molecular weight excluding hydrogens is 330 g/mol. The van der Waals surface area contributed by atoms with Gasteiger partial charge >= 0.3 is 0 Å². The zero-order chi connectivity index (χ0) is 15.7. The predicted octanol–water partition coefficient (Wildman–Crippen LogP) is 4.69. The molecule has 0 saturated carbocycles. The molecule has 1 aromatic carbocycles. The fraction of sp³-hybridized carbons (Fsp3) is 0.529. The summed E-state index contributed by atoms with van der Waals surface area (Å²) in [6.07, 6.45) is 2.04. The fourth-order valence-electron chi connectivity index (χ4n) is 1.81. The molecule has 0 aliphatic rings. The second-order valence-corrected chi connectivity index (χ2v) is 5.76. The molecule has 0 aromatic heterocycles. The number of hydrogen-bond donors (Lipinski definition) is 1. The largest absolute Gasteiger partial charge is 0.490 e. The molecule has 0 bridgehead atoms. The number of benzene rings is 1. The summed E-state index contributed by atoms with van der Waals surface area (Å²) in [5, 5.41) is 3.40. The molecule has 118 valence electrons. The first kappa shape index (κ1) is 18.1. The van der Waals surface area contributed by atoms with Crippen LogP contribution in [0.15, 0.2) is 28.8 Å². The summed E-state index contributed by atoms with van der Waals surface area (Å²) in [6.45, 7) is 13.2. The summed E-state index contributed by atoms with van der Waals surface area (Å²) in [6, 6.07) is 4.12. The number of halogens is 1.